The lowest BCUT2D eigenvalue weighted by molar-refractivity contribution is 0.0951. The summed E-state index contributed by atoms with van der Waals surface area (Å²) in [5.41, 5.74) is 8.48. The van der Waals surface area contributed by atoms with Crippen LogP contribution in [0.25, 0.3) is 0 Å². The number of nitrogens with zero attached hydrogens (tertiary/aromatic N) is 2. The van der Waals surface area contributed by atoms with E-state index in [1.165, 1.54) is 30.6 Å². The maximum Gasteiger partial charge on any atom is 0.277 e. The first-order valence-corrected chi connectivity index (χ1v) is 10.5. The van der Waals surface area contributed by atoms with Crippen LogP contribution in [0.2, 0.25) is 4.34 Å². The number of halogens is 1. The van der Waals surface area contributed by atoms with E-state index in [0.29, 0.717) is 10.2 Å². The molecule has 0 bridgehead atoms. The Bertz CT molecular complexity index is 1100. The van der Waals surface area contributed by atoms with Crippen LogP contribution < -0.4 is 11.1 Å². The van der Waals surface area contributed by atoms with Crippen LogP contribution in [0.5, 0.6) is 0 Å². The van der Waals surface area contributed by atoms with Crippen molar-refractivity contribution in [2.75, 3.05) is 5.73 Å². The SMILES string of the molecule is Cc1cc(N)nc(C)c1CNC(=O)c1ccn(S(=O)(=O)c2ccc(Cl)s2)c1. The van der Waals surface area contributed by atoms with Gasteiger partial charge in [0, 0.05) is 24.6 Å². The summed E-state index contributed by atoms with van der Waals surface area (Å²) in [4.78, 5) is 16.6. The Hall–Kier alpha value is -2.36. The molecule has 0 fully saturated rings. The third-order valence-electron chi connectivity index (χ3n) is 4.01. The van der Waals surface area contributed by atoms with E-state index in [9.17, 15) is 13.2 Å². The average molecular weight is 425 g/mol. The number of carbonyl (C=O) groups is 1. The van der Waals surface area contributed by atoms with Gasteiger partial charge < -0.3 is 11.1 Å². The molecule has 0 spiro atoms. The van der Waals surface area contributed by atoms with Gasteiger partial charge in [-0.15, -0.1) is 11.3 Å². The maximum atomic E-state index is 12.5. The van der Waals surface area contributed by atoms with Crippen molar-refractivity contribution in [2.45, 2.75) is 24.6 Å². The molecule has 142 valence electrons. The summed E-state index contributed by atoms with van der Waals surface area (Å²) in [6.07, 6.45) is 2.61. The van der Waals surface area contributed by atoms with Gasteiger partial charge in [0.2, 0.25) is 0 Å². The minimum absolute atomic E-state index is 0.106. The first-order chi connectivity index (χ1) is 12.7. The Balaban J connectivity index is 1.76. The summed E-state index contributed by atoms with van der Waals surface area (Å²) in [7, 11) is -3.77. The summed E-state index contributed by atoms with van der Waals surface area (Å²) < 4.78 is 26.6. The molecule has 0 radical (unpaired) electrons. The molecule has 1 amide bonds. The van der Waals surface area contributed by atoms with Crippen molar-refractivity contribution in [3.63, 3.8) is 0 Å². The van der Waals surface area contributed by atoms with Crippen LogP contribution in [-0.2, 0) is 16.6 Å². The van der Waals surface area contributed by atoms with Gasteiger partial charge in [0.05, 0.1) is 9.90 Å². The van der Waals surface area contributed by atoms with Gasteiger partial charge in [-0.1, -0.05) is 11.6 Å². The standard InChI is InChI=1S/C17H17ClN4O3S2/c1-10-7-15(19)21-11(2)13(10)8-20-17(23)12-5-6-22(9-12)27(24,25)16-4-3-14(18)26-16/h3-7,9H,8H2,1-2H3,(H2,19,21)(H,20,23). The third-order valence-corrected chi connectivity index (χ3v) is 7.34. The summed E-state index contributed by atoms with van der Waals surface area (Å²) >= 11 is 6.77. The Labute approximate surface area is 165 Å². The molecule has 0 aliphatic rings. The van der Waals surface area contributed by atoms with Crippen LogP contribution in [0.3, 0.4) is 0 Å². The van der Waals surface area contributed by atoms with Gasteiger partial charge in [-0.2, -0.15) is 8.42 Å². The highest BCUT2D eigenvalue weighted by atomic mass is 35.5. The Kier molecular flexibility index (Phi) is 5.27. The topological polar surface area (TPSA) is 107 Å². The molecule has 0 aliphatic carbocycles. The fourth-order valence-electron chi connectivity index (χ4n) is 2.63. The van der Waals surface area contributed by atoms with Crippen molar-refractivity contribution in [2.24, 2.45) is 0 Å². The molecular formula is C17H17ClN4O3S2. The van der Waals surface area contributed by atoms with Gasteiger partial charge in [-0.3, -0.25) is 4.79 Å². The number of aryl methyl sites for hydroxylation is 2. The molecule has 0 saturated heterocycles. The van der Waals surface area contributed by atoms with Gasteiger partial charge in [0.15, 0.2) is 0 Å². The minimum Gasteiger partial charge on any atom is -0.384 e. The summed E-state index contributed by atoms with van der Waals surface area (Å²) in [5, 5.41) is 2.78. The van der Waals surface area contributed by atoms with Crippen molar-refractivity contribution >= 4 is 44.7 Å². The number of carbonyl (C=O) groups excluding carboxylic acids is 1. The minimum atomic E-state index is -3.77. The fourth-order valence-corrected chi connectivity index (χ4v) is 5.41. The molecule has 0 atom stereocenters. The number of rotatable bonds is 5. The van der Waals surface area contributed by atoms with Crippen LogP contribution in [-0.4, -0.2) is 23.3 Å². The van der Waals surface area contributed by atoms with E-state index in [4.69, 9.17) is 17.3 Å². The van der Waals surface area contributed by atoms with Gasteiger partial charge in [0.25, 0.3) is 15.9 Å². The predicted molar refractivity (Wildman–Crippen MR) is 106 cm³/mol. The number of nitrogen functional groups attached to an aromatic ring is 1. The van der Waals surface area contributed by atoms with Crippen molar-refractivity contribution < 1.29 is 13.2 Å². The summed E-state index contributed by atoms with van der Waals surface area (Å²) in [5.74, 6) is 0.0415. The highest BCUT2D eigenvalue weighted by Gasteiger charge is 2.20. The zero-order chi connectivity index (χ0) is 19.8. The molecule has 3 heterocycles. The summed E-state index contributed by atoms with van der Waals surface area (Å²) in [6.45, 7) is 3.98. The second kappa shape index (κ2) is 7.34. The van der Waals surface area contributed by atoms with Crippen LogP contribution >= 0.6 is 22.9 Å². The molecular weight excluding hydrogens is 408 g/mol. The Morgan fingerprint density at radius 1 is 1.33 bits per heavy atom. The number of hydrogen-bond acceptors (Lipinski definition) is 6. The van der Waals surface area contributed by atoms with E-state index in [2.05, 4.69) is 10.3 Å². The van der Waals surface area contributed by atoms with Gasteiger partial charge in [-0.25, -0.2) is 8.96 Å². The van der Waals surface area contributed by atoms with Crippen LogP contribution in [0.4, 0.5) is 5.82 Å². The van der Waals surface area contributed by atoms with Crippen molar-refractivity contribution in [3.8, 4) is 0 Å². The number of thiophene rings is 1. The zero-order valence-corrected chi connectivity index (χ0v) is 17.0. The third kappa shape index (κ3) is 4.00. The normalized spacial score (nSPS) is 11.5. The molecule has 3 N–H and O–H groups in total. The van der Waals surface area contributed by atoms with E-state index in [-0.39, 0.29) is 22.2 Å². The van der Waals surface area contributed by atoms with E-state index in [0.717, 1.165) is 32.1 Å². The second-order valence-electron chi connectivity index (χ2n) is 5.90. The van der Waals surface area contributed by atoms with Crippen LogP contribution in [0.15, 0.2) is 40.9 Å². The zero-order valence-electron chi connectivity index (χ0n) is 14.6. The number of nitrogens with two attached hydrogens (primary N) is 1. The monoisotopic (exact) mass is 424 g/mol. The molecule has 10 heteroatoms. The first-order valence-electron chi connectivity index (χ1n) is 7.88. The number of amides is 1. The Morgan fingerprint density at radius 3 is 2.70 bits per heavy atom. The molecule has 3 aromatic rings. The van der Waals surface area contributed by atoms with Gasteiger partial charge in [-0.05, 0) is 49.2 Å². The van der Waals surface area contributed by atoms with E-state index in [1.54, 1.807) is 6.07 Å². The fraction of sp³-hybridized carbons (Fsp3) is 0.176. The van der Waals surface area contributed by atoms with Crippen LogP contribution in [0, 0.1) is 13.8 Å². The second-order valence-corrected chi connectivity index (χ2v) is 9.69. The molecule has 0 saturated carbocycles. The van der Waals surface area contributed by atoms with E-state index >= 15 is 0 Å². The molecule has 3 rings (SSSR count). The predicted octanol–water partition coefficient (Wildman–Crippen LogP) is 2.96. The van der Waals surface area contributed by atoms with Gasteiger partial charge in [0.1, 0.15) is 10.0 Å². The summed E-state index contributed by atoms with van der Waals surface area (Å²) in [6, 6.07) is 6.13. The highest BCUT2D eigenvalue weighted by Crippen LogP contribution is 2.27. The molecule has 0 aliphatic heterocycles. The number of anilines is 1. The largest absolute Gasteiger partial charge is 0.384 e. The van der Waals surface area contributed by atoms with E-state index < -0.39 is 10.0 Å². The number of nitrogens with one attached hydrogen (secondary N) is 1. The Morgan fingerprint density at radius 2 is 2.07 bits per heavy atom. The number of hydrogen-bond donors (Lipinski definition) is 2. The quantitative estimate of drug-likeness (QED) is 0.654. The molecule has 27 heavy (non-hydrogen) atoms. The molecule has 0 unspecified atom stereocenters. The lowest BCUT2D eigenvalue weighted by Crippen LogP contribution is -2.23. The maximum absolute atomic E-state index is 12.5. The smallest absolute Gasteiger partial charge is 0.277 e. The van der Waals surface area contributed by atoms with Gasteiger partial charge >= 0.3 is 0 Å². The molecule has 0 aromatic carbocycles. The molecule has 3 aromatic heterocycles. The molecule has 7 nitrogen and oxygen atoms in total. The van der Waals surface area contributed by atoms with Crippen molar-refractivity contribution in [1.29, 1.82) is 0 Å². The first kappa shape index (κ1) is 19.4. The van der Waals surface area contributed by atoms with Crippen LogP contribution in [0.1, 0.15) is 27.2 Å². The van der Waals surface area contributed by atoms with Crippen molar-refractivity contribution in [1.82, 2.24) is 14.3 Å². The lowest BCUT2D eigenvalue weighted by Gasteiger charge is -2.11. The average Bonchev–Trinajstić information content (AvgIpc) is 3.23. The highest BCUT2D eigenvalue weighted by molar-refractivity contribution is 7.92. The lowest BCUT2D eigenvalue weighted by atomic mass is 10.1. The van der Waals surface area contributed by atoms with Crippen molar-refractivity contribution in [3.05, 3.63) is 63.4 Å². The number of pyridine rings is 1. The van der Waals surface area contributed by atoms with E-state index in [1.807, 2.05) is 13.8 Å². The number of aromatic nitrogens is 2.